The standard InChI is InChI=1S/C16H24N6O2/c1-16(2,3)22-13-5-4-11(10-12(13)18-20-22)14-17-15(19-24-14)21-6-8-23-9-7-21/h11H,4-10H2,1-3H3. The lowest BCUT2D eigenvalue weighted by molar-refractivity contribution is 0.121. The third-order valence-electron chi connectivity index (χ3n) is 4.72. The van der Waals surface area contributed by atoms with Crippen LogP contribution in [-0.4, -0.2) is 51.4 Å². The van der Waals surface area contributed by atoms with E-state index in [9.17, 15) is 0 Å². The van der Waals surface area contributed by atoms with Crippen molar-refractivity contribution in [1.29, 1.82) is 0 Å². The summed E-state index contributed by atoms with van der Waals surface area (Å²) in [5, 5.41) is 12.9. The average molecular weight is 332 g/mol. The highest BCUT2D eigenvalue weighted by Gasteiger charge is 2.31. The number of nitrogens with zero attached hydrogens (tertiary/aromatic N) is 6. The van der Waals surface area contributed by atoms with Crippen molar-refractivity contribution < 1.29 is 9.26 Å². The second-order valence-corrected chi connectivity index (χ2v) is 7.54. The quantitative estimate of drug-likeness (QED) is 0.824. The zero-order valence-corrected chi connectivity index (χ0v) is 14.5. The van der Waals surface area contributed by atoms with Crippen LogP contribution >= 0.6 is 0 Å². The van der Waals surface area contributed by atoms with Crippen LogP contribution in [-0.2, 0) is 23.1 Å². The van der Waals surface area contributed by atoms with Crippen molar-refractivity contribution in [3.8, 4) is 0 Å². The van der Waals surface area contributed by atoms with Crippen LogP contribution in [0.15, 0.2) is 4.52 Å². The van der Waals surface area contributed by atoms with Crippen LogP contribution < -0.4 is 4.90 Å². The van der Waals surface area contributed by atoms with Crippen molar-refractivity contribution in [2.75, 3.05) is 31.2 Å². The third kappa shape index (κ3) is 2.79. The molecule has 1 atom stereocenters. The topological polar surface area (TPSA) is 82.1 Å². The van der Waals surface area contributed by atoms with Crippen LogP contribution in [0.1, 0.15) is 50.4 Å². The number of hydrogen-bond acceptors (Lipinski definition) is 7. The maximum Gasteiger partial charge on any atom is 0.266 e. The molecule has 24 heavy (non-hydrogen) atoms. The molecule has 0 N–H and O–H groups in total. The van der Waals surface area contributed by atoms with Crippen LogP contribution in [0.4, 0.5) is 5.95 Å². The summed E-state index contributed by atoms with van der Waals surface area (Å²) in [6.07, 6.45) is 2.75. The lowest BCUT2D eigenvalue weighted by Gasteiger charge is -2.25. The van der Waals surface area contributed by atoms with Crippen LogP contribution in [0.3, 0.4) is 0 Å². The van der Waals surface area contributed by atoms with Crippen molar-refractivity contribution in [2.24, 2.45) is 0 Å². The average Bonchev–Trinajstić information content (AvgIpc) is 3.21. The maximum atomic E-state index is 5.55. The Hall–Kier alpha value is -1.96. The van der Waals surface area contributed by atoms with E-state index in [0.717, 1.165) is 38.0 Å². The van der Waals surface area contributed by atoms with E-state index in [1.165, 1.54) is 5.69 Å². The first-order chi connectivity index (χ1) is 11.5. The first-order valence-corrected chi connectivity index (χ1v) is 8.62. The van der Waals surface area contributed by atoms with Gasteiger partial charge in [0.05, 0.1) is 30.1 Å². The number of aromatic nitrogens is 5. The molecule has 0 aromatic carbocycles. The second-order valence-electron chi connectivity index (χ2n) is 7.54. The lowest BCUT2D eigenvalue weighted by atomic mass is 9.89. The summed E-state index contributed by atoms with van der Waals surface area (Å²) in [6.45, 7) is 9.52. The van der Waals surface area contributed by atoms with Gasteiger partial charge in [-0.05, 0) is 38.8 Å². The Balaban J connectivity index is 1.51. The summed E-state index contributed by atoms with van der Waals surface area (Å²) in [7, 11) is 0. The molecule has 0 radical (unpaired) electrons. The van der Waals surface area contributed by atoms with Gasteiger partial charge in [-0.25, -0.2) is 4.68 Å². The Morgan fingerprint density at radius 2 is 1.96 bits per heavy atom. The molecule has 1 saturated heterocycles. The van der Waals surface area contributed by atoms with E-state index >= 15 is 0 Å². The first kappa shape index (κ1) is 15.6. The third-order valence-corrected chi connectivity index (χ3v) is 4.72. The zero-order valence-electron chi connectivity index (χ0n) is 14.5. The molecule has 3 heterocycles. The molecule has 1 unspecified atom stereocenters. The number of rotatable bonds is 2. The minimum Gasteiger partial charge on any atom is -0.378 e. The summed E-state index contributed by atoms with van der Waals surface area (Å²) in [5.74, 6) is 1.62. The molecule has 0 spiro atoms. The predicted octanol–water partition coefficient (Wildman–Crippen LogP) is 1.53. The number of fused-ring (bicyclic) bond motifs is 1. The van der Waals surface area contributed by atoms with Crippen molar-refractivity contribution in [3.63, 3.8) is 0 Å². The smallest absolute Gasteiger partial charge is 0.266 e. The van der Waals surface area contributed by atoms with Gasteiger partial charge >= 0.3 is 0 Å². The molecule has 4 rings (SSSR count). The Kier molecular flexibility index (Phi) is 3.79. The molecule has 130 valence electrons. The minimum atomic E-state index is -0.0403. The van der Waals surface area contributed by atoms with Gasteiger partial charge in [-0.2, -0.15) is 4.98 Å². The van der Waals surface area contributed by atoms with Gasteiger partial charge in [0.2, 0.25) is 5.89 Å². The van der Waals surface area contributed by atoms with Gasteiger partial charge in [0.15, 0.2) is 0 Å². The van der Waals surface area contributed by atoms with Gasteiger partial charge in [0.25, 0.3) is 5.95 Å². The summed E-state index contributed by atoms with van der Waals surface area (Å²) >= 11 is 0. The van der Waals surface area contributed by atoms with Gasteiger partial charge in [-0.3, -0.25) is 0 Å². The number of hydrogen-bond donors (Lipinski definition) is 0. The van der Waals surface area contributed by atoms with Gasteiger partial charge < -0.3 is 14.2 Å². The highest BCUT2D eigenvalue weighted by Crippen LogP contribution is 2.33. The molecule has 8 heteroatoms. The molecule has 1 fully saturated rings. The van der Waals surface area contributed by atoms with E-state index in [-0.39, 0.29) is 11.5 Å². The highest BCUT2D eigenvalue weighted by molar-refractivity contribution is 5.29. The zero-order chi connectivity index (χ0) is 16.7. The maximum absolute atomic E-state index is 5.55. The first-order valence-electron chi connectivity index (χ1n) is 8.62. The molecule has 2 aromatic heterocycles. The van der Waals surface area contributed by atoms with Crippen LogP contribution in [0.2, 0.25) is 0 Å². The van der Waals surface area contributed by atoms with E-state index < -0.39 is 0 Å². The minimum absolute atomic E-state index is 0.0403. The molecular formula is C16H24N6O2. The Morgan fingerprint density at radius 3 is 2.71 bits per heavy atom. The Morgan fingerprint density at radius 1 is 1.17 bits per heavy atom. The highest BCUT2D eigenvalue weighted by atomic mass is 16.5. The van der Waals surface area contributed by atoms with E-state index in [2.05, 4.69) is 46.1 Å². The van der Waals surface area contributed by atoms with E-state index in [4.69, 9.17) is 9.26 Å². The molecule has 2 aromatic rings. The van der Waals surface area contributed by atoms with E-state index in [0.29, 0.717) is 25.1 Å². The molecule has 1 aliphatic carbocycles. The summed E-state index contributed by atoms with van der Waals surface area (Å²) in [4.78, 5) is 6.74. The van der Waals surface area contributed by atoms with E-state index in [1.807, 2.05) is 4.68 Å². The fourth-order valence-corrected chi connectivity index (χ4v) is 3.42. The molecule has 0 saturated carbocycles. The number of morpholine rings is 1. The Labute approximate surface area is 141 Å². The SMILES string of the molecule is CC(C)(C)n1nnc2c1CCC(c1nc(N3CCOCC3)no1)C2. The van der Waals surface area contributed by atoms with Gasteiger partial charge in [0.1, 0.15) is 0 Å². The van der Waals surface area contributed by atoms with Crippen molar-refractivity contribution in [1.82, 2.24) is 25.1 Å². The molecule has 0 bridgehead atoms. The van der Waals surface area contributed by atoms with Crippen molar-refractivity contribution >= 4 is 5.95 Å². The van der Waals surface area contributed by atoms with E-state index in [1.54, 1.807) is 0 Å². The van der Waals surface area contributed by atoms with Gasteiger partial charge in [-0.15, -0.1) is 5.10 Å². The normalized spacial score (nSPS) is 21.8. The number of anilines is 1. The fourth-order valence-electron chi connectivity index (χ4n) is 3.42. The molecule has 1 aliphatic heterocycles. The van der Waals surface area contributed by atoms with Crippen molar-refractivity contribution in [2.45, 2.75) is 51.5 Å². The monoisotopic (exact) mass is 332 g/mol. The van der Waals surface area contributed by atoms with Crippen molar-refractivity contribution in [3.05, 3.63) is 17.3 Å². The largest absolute Gasteiger partial charge is 0.378 e. The van der Waals surface area contributed by atoms with Crippen LogP contribution in [0, 0.1) is 0 Å². The molecule has 2 aliphatic rings. The molecular weight excluding hydrogens is 308 g/mol. The summed E-state index contributed by atoms with van der Waals surface area (Å²) in [6, 6.07) is 0. The Bertz CT molecular complexity index is 710. The second kappa shape index (κ2) is 5.84. The summed E-state index contributed by atoms with van der Waals surface area (Å²) in [5.41, 5.74) is 2.26. The predicted molar refractivity (Wildman–Crippen MR) is 87.1 cm³/mol. The fraction of sp³-hybridized carbons (Fsp3) is 0.750. The van der Waals surface area contributed by atoms with Gasteiger partial charge in [-0.1, -0.05) is 5.21 Å². The molecule has 8 nitrogen and oxygen atoms in total. The van der Waals surface area contributed by atoms with Crippen LogP contribution in [0.25, 0.3) is 0 Å². The van der Waals surface area contributed by atoms with Crippen LogP contribution in [0.5, 0.6) is 0 Å². The molecule has 0 amide bonds. The number of ether oxygens (including phenoxy) is 1. The summed E-state index contributed by atoms with van der Waals surface area (Å²) < 4.78 is 13.0. The lowest BCUT2D eigenvalue weighted by Crippen LogP contribution is -2.36. The van der Waals surface area contributed by atoms with Gasteiger partial charge in [0, 0.05) is 25.4 Å².